The summed E-state index contributed by atoms with van der Waals surface area (Å²) in [5.74, 6) is 0.745. The standard InChI is InChI=1S/C21H20O6/c1-10-3-11(5-12(4-10)24-2)18-13-6-16-17(27-9-26-16)7-14(13)20(22)15-8-25-21(23)19(15)18/h3-7,15,18-20,22H,8-9H2,1-2H3/t15?,18-,19-,20+/m1/s1. The molecule has 1 aliphatic carbocycles. The molecule has 0 radical (unpaired) electrons. The van der Waals surface area contributed by atoms with E-state index in [4.69, 9.17) is 18.9 Å². The number of methoxy groups -OCH3 is 1. The van der Waals surface area contributed by atoms with E-state index in [1.807, 2.05) is 31.2 Å². The molecule has 0 aromatic heterocycles. The Morgan fingerprint density at radius 3 is 2.52 bits per heavy atom. The Kier molecular flexibility index (Phi) is 3.59. The first-order valence-electron chi connectivity index (χ1n) is 9.00. The highest BCUT2D eigenvalue weighted by Crippen LogP contribution is 2.54. The van der Waals surface area contributed by atoms with Crippen LogP contribution in [0.1, 0.15) is 34.3 Å². The minimum absolute atomic E-state index is 0.159. The molecule has 3 aliphatic rings. The number of cyclic esters (lactones) is 1. The van der Waals surface area contributed by atoms with Crippen molar-refractivity contribution in [1.82, 2.24) is 0 Å². The van der Waals surface area contributed by atoms with Gasteiger partial charge in [0.2, 0.25) is 6.79 Å². The van der Waals surface area contributed by atoms with Crippen LogP contribution in [-0.4, -0.2) is 31.6 Å². The molecule has 6 nitrogen and oxygen atoms in total. The first-order chi connectivity index (χ1) is 13.1. The zero-order valence-corrected chi connectivity index (χ0v) is 15.1. The third-order valence-corrected chi connectivity index (χ3v) is 5.82. The minimum Gasteiger partial charge on any atom is -0.497 e. The lowest BCUT2D eigenvalue weighted by molar-refractivity contribution is -0.141. The van der Waals surface area contributed by atoms with Crippen molar-refractivity contribution < 1.29 is 28.8 Å². The lowest BCUT2D eigenvalue weighted by Crippen LogP contribution is -2.34. The predicted octanol–water partition coefficient (Wildman–Crippen LogP) is 2.70. The van der Waals surface area contributed by atoms with Gasteiger partial charge in [-0.05, 0) is 53.4 Å². The number of carbonyl (C=O) groups is 1. The maximum Gasteiger partial charge on any atom is 0.310 e. The zero-order valence-electron chi connectivity index (χ0n) is 15.1. The van der Waals surface area contributed by atoms with Crippen molar-refractivity contribution >= 4 is 5.97 Å². The molecule has 2 heterocycles. The van der Waals surface area contributed by atoms with Gasteiger partial charge in [0.1, 0.15) is 5.75 Å². The number of ether oxygens (including phenoxy) is 4. The molecule has 5 rings (SSSR count). The Morgan fingerprint density at radius 2 is 1.78 bits per heavy atom. The summed E-state index contributed by atoms with van der Waals surface area (Å²) in [6.07, 6.45) is -0.783. The number of aryl methyl sites for hydroxylation is 1. The quantitative estimate of drug-likeness (QED) is 0.822. The number of benzene rings is 2. The van der Waals surface area contributed by atoms with Crippen molar-refractivity contribution in [2.75, 3.05) is 20.5 Å². The molecule has 1 saturated heterocycles. The van der Waals surface area contributed by atoms with Crippen LogP contribution in [0.15, 0.2) is 30.3 Å². The smallest absolute Gasteiger partial charge is 0.310 e. The van der Waals surface area contributed by atoms with Crippen molar-refractivity contribution in [3.05, 3.63) is 52.6 Å². The van der Waals surface area contributed by atoms with E-state index in [0.29, 0.717) is 11.5 Å². The van der Waals surface area contributed by atoms with E-state index in [0.717, 1.165) is 28.0 Å². The summed E-state index contributed by atoms with van der Waals surface area (Å²) in [4.78, 5) is 12.6. The number of hydrogen-bond acceptors (Lipinski definition) is 6. The molecule has 2 aromatic rings. The van der Waals surface area contributed by atoms with Crippen LogP contribution in [0.2, 0.25) is 0 Å². The third kappa shape index (κ3) is 2.40. The van der Waals surface area contributed by atoms with Crippen molar-refractivity contribution in [1.29, 1.82) is 0 Å². The molecular weight excluding hydrogens is 348 g/mol. The average molecular weight is 368 g/mol. The van der Waals surface area contributed by atoms with Crippen LogP contribution in [-0.2, 0) is 9.53 Å². The van der Waals surface area contributed by atoms with Crippen LogP contribution in [0.25, 0.3) is 0 Å². The summed E-state index contributed by atoms with van der Waals surface area (Å²) >= 11 is 0. The van der Waals surface area contributed by atoms with Crippen molar-refractivity contribution in [2.45, 2.75) is 18.9 Å². The maximum atomic E-state index is 12.6. The number of hydrogen-bond donors (Lipinski definition) is 1. The summed E-state index contributed by atoms with van der Waals surface area (Å²) in [7, 11) is 1.63. The highest BCUT2D eigenvalue weighted by Gasteiger charge is 2.52. The molecule has 27 heavy (non-hydrogen) atoms. The Labute approximate surface area is 156 Å². The molecule has 0 spiro atoms. The van der Waals surface area contributed by atoms with Crippen molar-refractivity contribution in [3.8, 4) is 17.2 Å². The predicted molar refractivity (Wildman–Crippen MR) is 95.0 cm³/mol. The van der Waals surface area contributed by atoms with Gasteiger partial charge in [-0.25, -0.2) is 0 Å². The second kappa shape index (κ2) is 5.89. The first kappa shape index (κ1) is 16.4. The zero-order chi connectivity index (χ0) is 18.7. The maximum absolute atomic E-state index is 12.6. The van der Waals surface area contributed by atoms with E-state index in [1.165, 1.54) is 0 Å². The molecule has 0 amide bonds. The SMILES string of the molecule is COc1cc(C)cc([C@@H]2c3cc4c(cc3[C@H](O)C3COC(=O)[C@H]32)OCO4)c1. The summed E-state index contributed by atoms with van der Waals surface area (Å²) in [5.41, 5.74) is 3.65. The lowest BCUT2D eigenvalue weighted by Gasteiger charge is -2.36. The van der Waals surface area contributed by atoms with Gasteiger partial charge in [0.05, 0.1) is 25.7 Å². The first-order valence-corrected chi connectivity index (χ1v) is 9.00. The Balaban J connectivity index is 1.74. The van der Waals surface area contributed by atoms with Gasteiger partial charge in [-0.3, -0.25) is 4.79 Å². The van der Waals surface area contributed by atoms with Crippen LogP contribution in [0.3, 0.4) is 0 Å². The minimum atomic E-state index is -0.783. The van der Waals surface area contributed by atoms with E-state index in [-0.39, 0.29) is 31.2 Å². The van der Waals surface area contributed by atoms with Gasteiger partial charge in [-0.2, -0.15) is 0 Å². The molecule has 0 saturated carbocycles. The second-order valence-electron chi connectivity index (χ2n) is 7.36. The van der Waals surface area contributed by atoms with Gasteiger partial charge in [0.15, 0.2) is 11.5 Å². The molecule has 4 atom stereocenters. The molecule has 6 heteroatoms. The number of carbonyl (C=O) groups excluding carboxylic acids is 1. The van der Waals surface area contributed by atoms with Gasteiger partial charge in [0.25, 0.3) is 0 Å². The van der Waals surface area contributed by atoms with Crippen LogP contribution >= 0.6 is 0 Å². The monoisotopic (exact) mass is 368 g/mol. The van der Waals surface area contributed by atoms with Gasteiger partial charge in [-0.15, -0.1) is 0 Å². The van der Waals surface area contributed by atoms with Crippen LogP contribution in [0.5, 0.6) is 17.2 Å². The Bertz CT molecular complexity index is 937. The van der Waals surface area contributed by atoms with Gasteiger partial charge < -0.3 is 24.1 Å². The lowest BCUT2D eigenvalue weighted by atomic mass is 9.66. The fourth-order valence-corrected chi connectivity index (χ4v) is 4.61. The number of aliphatic hydroxyl groups excluding tert-OH is 1. The summed E-state index contributed by atoms with van der Waals surface area (Å²) < 4.78 is 21.8. The van der Waals surface area contributed by atoms with Crippen LogP contribution < -0.4 is 14.2 Å². The molecule has 1 fully saturated rings. The molecule has 2 aliphatic heterocycles. The normalized spacial score (nSPS) is 27.7. The second-order valence-corrected chi connectivity index (χ2v) is 7.36. The molecular formula is C21H20O6. The Hall–Kier alpha value is -2.73. The summed E-state index contributed by atoms with van der Waals surface area (Å²) in [6.45, 7) is 2.37. The molecule has 140 valence electrons. The molecule has 1 unspecified atom stereocenters. The highest BCUT2D eigenvalue weighted by atomic mass is 16.7. The largest absolute Gasteiger partial charge is 0.497 e. The summed E-state index contributed by atoms with van der Waals surface area (Å²) in [6, 6.07) is 9.68. The van der Waals surface area contributed by atoms with E-state index < -0.39 is 12.0 Å². The van der Waals surface area contributed by atoms with E-state index in [9.17, 15) is 9.90 Å². The van der Waals surface area contributed by atoms with Gasteiger partial charge in [0, 0.05) is 11.8 Å². The fourth-order valence-electron chi connectivity index (χ4n) is 4.61. The average Bonchev–Trinajstić information content (AvgIpc) is 3.27. The summed E-state index contributed by atoms with van der Waals surface area (Å²) in [5, 5.41) is 10.9. The molecule has 2 aromatic carbocycles. The van der Waals surface area contributed by atoms with E-state index in [1.54, 1.807) is 7.11 Å². The number of esters is 1. The molecule has 0 bridgehead atoms. The van der Waals surface area contributed by atoms with Crippen LogP contribution in [0.4, 0.5) is 0 Å². The van der Waals surface area contributed by atoms with Gasteiger partial charge in [-0.1, -0.05) is 6.07 Å². The fraction of sp³-hybridized carbons (Fsp3) is 0.381. The third-order valence-electron chi connectivity index (χ3n) is 5.82. The highest BCUT2D eigenvalue weighted by molar-refractivity contribution is 5.78. The van der Waals surface area contributed by atoms with Gasteiger partial charge >= 0.3 is 5.97 Å². The number of aliphatic hydroxyl groups is 1. The van der Waals surface area contributed by atoms with E-state index in [2.05, 4.69) is 6.07 Å². The molecule has 1 N–H and O–H groups in total. The Morgan fingerprint density at radius 1 is 1.04 bits per heavy atom. The van der Waals surface area contributed by atoms with E-state index >= 15 is 0 Å². The number of rotatable bonds is 2. The topological polar surface area (TPSA) is 74.2 Å². The van der Waals surface area contributed by atoms with Crippen molar-refractivity contribution in [3.63, 3.8) is 0 Å². The van der Waals surface area contributed by atoms with Crippen molar-refractivity contribution in [2.24, 2.45) is 11.8 Å². The number of fused-ring (bicyclic) bond motifs is 3. The van der Waals surface area contributed by atoms with Crippen LogP contribution in [0, 0.1) is 18.8 Å².